The van der Waals surface area contributed by atoms with Gasteiger partial charge >= 0.3 is 0 Å². The molecule has 1 amide bonds. The molecule has 1 fully saturated rings. The van der Waals surface area contributed by atoms with Crippen molar-refractivity contribution in [1.82, 2.24) is 4.90 Å². The highest BCUT2D eigenvalue weighted by Crippen LogP contribution is 2.23. The maximum Gasteiger partial charge on any atom is 0.289 e. The van der Waals surface area contributed by atoms with Crippen molar-refractivity contribution in [2.45, 2.75) is 10.6 Å². The summed E-state index contributed by atoms with van der Waals surface area (Å²) in [5.41, 5.74) is 1.09. The summed E-state index contributed by atoms with van der Waals surface area (Å²) in [7, 11) is -1.34. The maximum absolute atomic E-state index is 12.8. The number of anilines is 1. The van der Waals surface area contributed by atoms with Crippen LogP contribution in [-0.4, -0.2) is 41.2 Å². The number of halogens is 2. The zero-order valence-corrected chi connectivity index (χ0v) is 18.4. The van der Waals surface area contributed by atoms with Crippen LogP contribution in [0.1, 0.15) is 16.3 Å². The van der Waals surface area contributed by atoms with Crippen LogP contribution in [0.15, 0.2) is 70.0 Å². The third-order valence-electron chi connectivity index (χ3n) is 4.99. The summed E-state index contributed by atoms with van der Waals surface area (Å²) in [5.74, 6) is 0.777. The Bertz CT molecular complexity index is 1060. The number of carbonyl (C=O) groups excluding carboxylic acids is 1. The first kappa shape index (κ1) is 21.0. The summed E-state index contributed by atoms with van der Waals surface area (Å²) in [6, 6.07) is 18.1. The zero-order chi connectivity index (χ0) is 21.1. The predicted octanol–water partition coefficient (Wildman–Crippen LogP) is 4.86. The minimum atomic E-state index is -1.34. The largest absolute Gasteiger partial charge is 0.455 e. The number of piperazine rings is 1. The lowest BCUT2D eigenvalue weighted by Crippen LogP contribution is -2.48. The van der Waals surface area contributed by atoms with Crippen LogP contribution in [0.4, 0.5) is 5.69 Å². The fourth-order valence-corrected chi connectivity index (χ4v) is 4.99. The Balaban J connectivity index is 1.36. The average molecular weight is 463 g/mol. The van der Waals surface area contributed by atoms with Gasteiger partial charge in [-0.1, -0.05) is 35.3 Å². The van der Waals surface area contributed by atoms with E-state index in [4.69, 9.17) is 27.6 Å². The zero-order valence-electron chi connectivity index (χ0n) is 16.1. The lowest BCUT2D eigenvalue weighted by molar-refractivity contribution is 0.0713. The highest BCUT2D eigenvalue weighted by atomic mass is 35.5. The second kappa shape index (κ2) is 9.25. The van der Waals surface area contributed by atoms with Crippen molar-refractivity contribution in [3.8, 4) is 0 Å². The Hall–Kier alpha value is -2.28. The molecule has 8 heteroatoms. The number of hydrogen-bond donors (Lipinski definition) is 0. The van der Waals surface area contributed by atoms with Crippen molar-refractivity contribution in [2.75, 3.05) is 31.1 Å². The maximum atomic E-state index is 12.8. The van der Waals surface area contributed by atoms with Gasteiger partial charge in [0.25, 0.3) is 5.91 Å². The molecule has 0 saturated carbocycles. The van der Waals surface area contributed by atoms with Crippen LogP contribution in [-0.2, 0) is 16.6 Å². The number of hydrogen-bond acceptors (Lipinski definition) is 4. The highest BCUT2D eigenvalue weighted by Gasteiger charge is 2.25. The van der Waals surface area contributed by atoms with Gasteiger partial charge in [0, 0.05) is 36.9 Å². The highest BCUT2D eigenvalue weighted by molar-refractivity contribution is 7.84. The van der Waals surface area contributed by atoms with Crippen LogP contribution >= 0.6 is 23.2 Å². The molecule has 1 aliphatic rings. The quantitative estimate of drug-likeness (QED) is 0.543. The third kappa shape index (κ3) is 4.72. The number of carbonyl (C=O) groups is 1. The Labute approximate surface area is 187 Å². The molecule has 0 spiro atoms. The fraction of sp³-hybridized carbons (Fsp3) is 0.227. The molecule has 1 aliphatic heterocycles. The van der Waals surface area contributed by atoms with Crippen LogP contribution in [0, 0.1) is 0 Å². The van der Waals surface area contributed by atoms with Crippen LogP contribution in [0.25, 0.3) is 0 Å². The van der Waals surface area contributed by atoms with E-state index in [0.717, 1.165) is 18.8 Å². The first-order chi connectivity index (χ1) is 14.5. The number of benzene rings is 2. The minimum Gasteiger partial charge on any atom is -0.455 e. The van der Waals surface area contributed by atoms with Crippen LogP contribution in [0.5, 0.6) is 0 Å². The van der Waals surface area contributed by atoms with Crippen molar-refractivity contribution in [2.24, 2.45) is 0 Å². The topological polar surface area (TPSA) is 53.8 Å². The van der Waals surface area contributed by atoms with Gasteiger partial charge in [-0.25, -0.2) is 0 Å². The summed E-state index contributed by atoms with van der Waals surface area (Å²) in [6.45, 7) is 2.67. The molecule has 1 aromatic heterocycles. The number of amides is 1. The molecule has 0 N–H and O–H groups in total. The molecule has 2 heterocycles. The molecule has 5 nitrogen and oxygen atoms in total. The van der Waals surface area contributed by atoms with Gasteiger partial charge in [0.2, 0.25) is 0 Å². The van der Waals surface area contributed by atoms with Gasteiger partial charge in [-0.2, -0.15) is 0 Å². The van der Waals surface area contributed by atoms with Gasteiger partial charge in [-0.05, 0) is 48.5 Å². The standard InChI is InChI=1S/C22H20Cl2N2O3S/c23-16-5-7-17(8-6-16)25-11-13-26(14-12-25)22(27)20-10-9-18(29-20)15-30(28)21-4-2-1-3-19(21)24/h1-10H,11-15H2/t30-/m1/s1. The normalized spacial score (nSPS) is 15.3. The van der Waals surface area contributed by atoms with E-state index in [-0.39, 0.29) is 17.4 Å². The Kier molecular flexibility index (Phi) is 6.46. The van der Waals surface area contributed by atoms with E-state index < -0.39 is 10.8 Å². The van der Waals surface area contributed by atoms with Gasteiger partial charge in [0.15, 0.2) is 5.76 Å². The molecule has 0 aliphatic carbocycles. The molecule has 1 atom stereocenters. The Morgan fingerprint density at radius 1 is 0.933 bits per heavy atom. The number of furan rings is 1. The van der Waals surface area contributed by atoms with E-state index in [9.17, 15) is 9.00 Å². The molecule has 2 aromatic carbocycles. The van der Waals surface area contributed by atoms with E-state index in [2.05, 4.69) is 4.90 Å². The van der Waals surface area contributed by atoms with Crippen LogP contribution in [0.2, 0.25) is 10.0 Å². The van der Waals surface area contributed by atoms with Gasteiger partial charge in [-0.3, -0.25) is 9.00 Å². The van der Waals surface area contributed by atoms with Gasteiger partial charge < -0.3 is 14.2 Å². The summed E-state index contributed by atoms with van der Waals surface area (Å²) < 4.78 is 18.3. The van der Waals surface area contributed by atoms with Crippen molar-refractivity contribution in [1.29, 1.82) is 0 Å². The Morgan fingerprint density at radius 3 is 2.33 bits per heavy atom. The third-order valence-corrected chi connectivity index (χ3v) is 7.07. The summed E-state index contributed by atoms with van der Waals surface area (Å²) in [5, 5.41) is 1.16. The van der Waals surface area contributed by atoms with Crippen molar-refractivity contribution in [3.05, 3.63) is 82.2 Å². The van der Waals surface area contributed by atoms with E-state index in [0.29, 0.717) is 33.8 Å². The number of nitrogens with zero attached hydrogens (tertiary/aromatic N) is 2. The molecule has 0 bridgehead atoms. The van der Waals surface area contributed by atoms with Gasteiger partial charge in [0.05, 0.1) is 26.5 Å². The molecule has 156 valence electrons. The average Bonchev–Trinajstić information content (AvgIpc) is 3.22. The van der Waals surface area contributed by atoms with Gasteiger partial charge in [0.1, 0.15) is 5.76 Å². The van der Waals surface area contributed by atoms with Gasteiger partial charge in [-0.15, -0.1) is 0 Å². The second-order valence-electron chi connectivity index (χ2n) is 6.94. The molecular formula is C22H20Cl2N2O3S. The molecule has 0 radical (unpaired) electrons. The first-order valence-electron chi connectivity index (χ1n) is 9.52. The van der Waals surface area contributed by atoms with Crippen molar-refractivity contribution in [3.63, 3.8) is 0 Å². The smallest absolute Gasteiger partial charge is 0.289 e. The molecular weight excluding hydrogens is 443 g/mol. The second-order valence-corrected chi connectivity index (χ2v) is 9.21. The van der Waals surface area contributed by atoms with Crippen molar-refractivity contribution < 1.29 is 13.4 Å². The summed E-state index contributed by atoms with van der Waals surface area (Å²) >= 11 is 12.1. The van der Waals surface area contributed by atoms with E-state index in [1.54, 1.807) is 41.3 Å². The fourth-order valence-electron chi connectivity index (χ4n) is 3.38. The summed E-state index contributed by atoms with van der Waals surface area (Å²) in [6.07, 6.45) is 0. The molecule has 3 aromatic rings. The Morgan fingerprint density at radius 2 is 1.63 bits per heavy atom. The predicted molar refractivity (Wildman–Crippen MR) is 120 cm³/mol. The van der Waals surface area contributed by atoms with Crippen molar-refractivity contribution >= 4 is 45.6 Å². The van der Waals surface area contributed by atoms with E-state index >= 15 is 0 Å². The molecule has 1 saturated heterocycles. The number of rotatable bonds is 5. The molecule has 0 unspecified atom stereocenters. The molecule has 30 heavy (non-hydrogen) atoms. The van der Waals surface area contributed by atoms with E-state index in [1.165, 1.54) is 0 Å². The van der Waals surface area contributed by atoms with Crippen LogP contribution in [0.3, 0.4) is 0 Å². The molecule has 4 rings (SSSR count). The first-order valence-corrected chi connectivity index (χ1v) is 11.6. The minimum absolute atomic E-state index is 0.152. The van der Waals surface area contributed by atoms with E-state index in [1.807, 2.05) is 24.3 Å². The SMILES string of the molecule is O=C(c1ccc(C[S@@](=O)c2ccccc2Cl)o1)N1CCN(c2ccc(Cl)cc2)CC1. The summed E-state index contributed by atoms with van der Waals surface area (Å²) in [4.78, 5) is 17.4. The van der Waals surface area contributed by atoms with Crippen LogP contribution < -0.4 is 4.90 Å². The lowest BCUT2D eigenvalue weighted by atomic mass is 10.2. The lowest BCUT2D eigenvalue weighted by Gasteiger charge is -2.35. The monoisotopic (exact) mass is 462 g/mol.